The second-order valence-electron chi connectivity index (χ2n) is 18.2. The lowest BCUT2D eigenvalue weighted by Gasteiger charge is -2.33. The zero-order chi connectivity index (χ0) is 38.7. The second kappa shape index (κ2) is 43.5. The van der Waals surface area contributed by atoms with E-state index in [9.17, 15) is 0 Å². The summed E-state index contributed by atoms with van der Waals surface area (Å²) in [6, 6.07) is 0. The average Bonchev–Trinajstić information content (AvgIpc) is 3.57. The Morgan fingerprint density at radius 3 is 0.648 bits per heavy atom. The van der Waals surface area contributed by atoms with Crippen LogP contribution < -0.4 is 0 Å². The van der Waals surface area contributed by atoms with E-state index in [1.165, 1.54) is 296 Å². The first-order valence-corrected chi connectivity index (χ1v) is 26.0. The molecule has 0 radical (unpaired) electrons. The van der Waals surface area contributed by atoms with E-state index in [-0.39, 0.29) is 0 Å². The average molecular weight is 757 g/mol. The molecule has 0 N–H and O–H groups in total. The highest BCUT2D eigenvalue weighted by Crippen LogP contribution is 2.24. The molecule has 0 aliphatic carbocycles. The maximum absolute atomic E-state index is 2.74. The normalized spacial score (nSPS) is 13.3. The molecular formula is C52H104N2. The smallest absolute Gasteiger partial charge is 0.101 e. The molecule has 1 heterocycles. The molecule has 0 atom stereocenters. The van der Waals surface area contributed by atoms with Crippen molar-refractivity contribution in [3.63, 3.8) is 0 Å². The monoisotopic (exact) mass is 757 g/mol. The van der Waals surface area contributed by atoms with Crippen LogP contribution >= 0.6 is 0 Å². The molecule has 1 aliphatic heterocycles. The van der Waals surface area contributed by atoms with Gasteiger partial charge >= 0.3 is 0 Å². The summed E-state index contributed by atoms with van der Waals surface area (Å²) in [6.07, 6.45) is 69.4. The zero-order valence-corrected chi connectivity index (χ0v) is 38.2. The van der Waals surface area contributed by atoms with E-state index < -0.39 is 0 Å². The van der Waals surface area contributed by atoms with Gasteiger partial charge in [-0.25, -0.2) is 0 Å². The predicted molar refractivity (Wildman–Crippen MR) is 247 cm³/mol. The van der Waals surface area contributed by atoms with Gasteiger partial charge in [0.1, 0.15) is 6.17 Å². The fourth-order valence-electron chi connectivity index (χ4n) is 9.02. The minimum atomic E-state index is 0.635. The highest BCUT2D eigenvalue weighted by atomic mass is 15.4. The topological polar surface area (TPSA) is 6.48 Å². The summed E-state index contributed by atoms with van der Waals surface area (Å²) in [6.45, 7) is 9.50. The highest BCUT2D eigenvalue weighted by molar-refractivity contribution is 4.97. The molecule has 0 spiro atoms. The molecule has 0 aromatic rings. The van der Waals surface area contributed by atoms with Gasteiger partial charge in [0.15, 0.2) is 0 Å². The summed E-state index contributed by atoms with van der Waals surface area (Å²) in [7, 11) is 0. The standard InChI is InChI=1S/C52H104N2/c1-4-7-10-13-16-19-22-24-26-28-30-33-36-39-42-45-48-53-50-51-54(52(53)47-44-41-38-35-32-21-18-15-12-9-6-3)49-46-43-40-37-34-31-29-27-25-23-20-17-14-11-8-5-2/h50-52H,4-49H2,1-3H3. The van der Waals surface area contributed by atoms with Crippen molar-refractivity contribution >= 4 is 0 Å². The first-order valence-electron chi connectivity index (χ1n) is 26.0. The number of hydrogen-bond donors (Lipinski definition) is 0. The van der Waals surface area contributed by atoms with Crippen LogP contribution in [-0.4, -0.2) is 29.1 Å². The summed E-state index contributed by atoms with van der Waals surface area (Å²) in [5.41, 5.74) is 0. The highest BCUT2D eigenvalue weighted by Gasteiger charge is 2.25. The predicted octanol–water partition coefficient (Wildman–Crippen LogP) is 18.6. The van der Waals surface area contributed by atoms with E-state index >= 15 is 0 Å². The third-order valence-electron chi connectivity index (χ3n) is 12.8. The Morgan fingerprint density at radius 2 is 0.426 bits per heavy atom. The summed E-state index contributed by atoms with van der Waals surface area (Å²) in [5, 5.41) is 0. The van der Waals surface area contributed by atoms with Crippen LogP contribution in [-0.2, 0) is 0 Å². The first kappa shape index (κ1) is 51.4. The fourth-order valence-corrected chi connectivity index (χ4v) is 9.02. The molecule has 54 heavy (non-hydrogen) atoms. The molecule has 0 aromatic carbocycles. The van der Waals surface area contributed by atoms with E-state index in [1.54, 1.807) is 0 Å². The minimum absolute atomic E-state index is 0.635. The van der Waals surface area contributed by atoms with Crippen LogP contribution in [0.5, 0.6) is 0 Å². The van der Waals surface area contributed by atoms with Gasteiger partial charge in [0.25, 0.3) is 0 Å². The van der Waals surface area contributed by atoms with Crippen LogP contribution in [0.3, 0.4) is 0 Å². The molecule has 0 bridgehead atoms. The molecule has 0 saturated carbocycles. The van der Waals surface area contributed by atoms with Crippen molar-refractivity contribution < 1.29 is 0 Å². The molecule has 322 valence electrons. The molecule has 0 amide bonds. The lowest BCUT2D eigenvalue weighted by molar-refractivity contribution is 0.135. The van der Waals surface area contributed by atoms with Gasteiger partial charge in [-0.15, -0.1) is 0 Å². The van der Waals surface area contributed by atoms with Gasteiger partial charge in [-0.3, -0.25) is 0 Å². The molecule has 2 nitrogen and oxygen atoms in total. The van der Waals surface area contributed by atoms with Crippen LogP contribution in [0.15, 0.2) is 12.4 Å². The number of rotatable bonds is 46. The molecule has 0 fully saturated rings. The third-order valence-corrected chi connectivity index (χ3v) is 12.8. The van der Waals surface area contributed by atoms with E-state index in [1.807, 2.05) is 0 Å². The summed E-state index contributed by atoms with van der Waals surface area (Å²) in [4.78, 5) is 5.49. The molecule has 1 rings (SSSR count). The van der Waals surface area contributed by atoms with Crippen LogP contribution in [0.4, 0.5) is 0 Å². The van der Waals surface area contributed by atoms with Crippen LogP contribution in [0.2, 0.25) is 0 Å². The van der Waals surface area contributed by atoms with Gasteiger partial charge in [0.05, 0.1) is 0 Å². The van der Waals surface area contributed by atoms with E-state index in [0.29, 0.717) is 6.17 Å². The van der Waals surface area contributed by atoms with Crippen molar-refractivity contribution in [3.05, 3.63) is 12.4 Å². The van der Waals surface area contributed by atoms with Crippen molar-refractivity contribution in [3.8, 4) is 0 Å². The Bertz CT molecular complexity index is 671. The van der Waals surface area contributed by atoms with Gasteiger partial charge in [0, 0.05) is 25.5 Å². The molecule has 0 unspecified atom stereocenters. The lowest BCUT2D eigenvalue weighted by Crippen LogP contribution is -2.39. The second-order valence-corrected chi connectivity index (χ2v) is 18.2. The van der Waals surface area contributed by atoms with Crippen molar-refractivity contribution in [2.75, 3.05) is 13.1 Å². The van der Waals surface area contributed by atoms with Gasteiger partial charge in [-0.05, 0) is 25.7 Å². The number of hydrogen-bond acceptors (Lipinski definition) is 2. The number of nitrogens with zero attached hydrogens (tertiary/aromatic N) is 2. The number of unbranched alkanes of at least 4 members (excludes halogenated alkanes) is 40. The van der Waals surface area contributed by atoms with Gasteiger partial charge in [-0.2, -0.15) is 0 Å². The quantitative estimate of drug-likeness (QED) is 0.0571. The fraction of sp³-hybridized carbons (Fsp3) is 0.962. The van der Waals surface area contributed by atoms with Crippen LogP contribution in [0.25, 0.3) is 0 Å². The Labute approximate surface area is 343 Å². The van der Waals surface area contributed by atoms with E-state index in [2.05, 4.69) is 43.0 Å². The minimum Gasteiger partial charge on any atom is -0.356 e. The Morgan fingerprint density at radius 1 is 0.241 bits per heavy atom. The third kappa shape index (κ3) is 34.6. The van der Waals surface area contributed by atoms with E-state index in [0.717, 1.165) is 0 Å². The van der Waals surface area contributed by atoms with Gasteiger partial charge in [0.2, 0.25) is 0 Å². The van der Waals surface area contributed by atoms with Gasteiger partial charge in [-0.1, -0.05) is 278 Å². The van der Waals surface area contributed by atoms with Crippen LogP contribution in [0.1, 0.15) is 303 Å². The Hall–Kier alpha value is -0.660. The Kier molecular flexibility index (Phi) is 41.3. The van der Waals surface area contributed by atoms with Crippen molar-refractivity contribution in [2.45, 2.75) is 309 Å². The maximum atomic E-state index is 2.74. The SMILES string of the molecule is CCCCCCCCCCCCCCCCCCN1C=CN(CCCCCCCCCCCCCCCCCC)C1CCCCCCCCCCCCC. The van der Waals surface area contributed by atoms with Crippen LogP contribution in [0, 0.1) is 0 Å². The molecular weight excluding hydrogens is 653 g/mol. The summed E-state index contributed by atoms with van der Waals surface area (Å²) < 4.78 is 0. The summed E-state index contributed by atoms with van der Waals surface area (Å²) >= 11 is 0. The summed E-state index contributed by atoms with van der Waals surface area (Å²) in [5.74, 6) is 0. The molecule has 1 aliphatic rings. The maximum Gasteiger partial charge on any atom is 0.101 e. The first-order chi connectivity index (χ1) is 26.8. The molecule has 0 saturated heterocycles. The van der Waals surface area contributed by atoms with Gasteiger partial charge < -0.3 is 9.80 Å². The molecule has 0 aromatic heterocycles. The largest absolute Gasteiger partial charge is 0.356 e. The van der Waals surface area contributed by atoms with E-state index in [4.69, 9.17) is 0 Å². The van der Waals surface area contributed by atoms with Crippen molar-refractivity contribution in [2.24, 2.45) is 0 Å². The van der Waals surface area contributed by atoms with Crippen molar-refractivity contribution in [1.82, 2.24) is 9.80 Å². The van der Waals surface area contributed by atoms with Crippen molar-refractivity contribution in [1.29, 1.82) is 0 Å². The lowest BCUT2D eigenvalue weighted by atomic mass is 10.0. The molecule has 2 heteroatoms. The Balaban J connectivity index is 2.17. The zero-order valence-electron chi connectivity index (χ0n) is 38.2.